The lowest BCUT2D eigenvalue weighted by atomic mass is 9.94. The van der Waals surface area contributed by atoms with Gasteiger partial charge in [-0.3, -0.25) is 9.88 Å². The van der Waals surface area contributed by atoms with Gasteiger partial charge in [0.15, 0.2) is 5.82 Å². The standard InChI is InChI=1S/C33H35F2N5O3/c34-22-16-33(8-2-10-40(33)18-22)19-43-32-37-30-26(31(38-32)39-9-3-12-42-13-11-39)17-36-29(28(30)35)25-15-23(41)14-21-7-6-20-4-1-5-24(20)27(21)25/h6-7,14-15,17,22,41H,1-5,8-13,16,18-19H2/t22-,33+/m1/s1. The molecule has 0 amide bonds. The van der Waals surface area contributed by atoms with Crippen molar-refractivity contribution in [1.29, 1.82) is 0 Å². The zero-order chi connectivity index (χ0) is 29.1. The van der Waals surface area contributed by atoms with Crippen LogP contribution < -0.4 is 9.64 Å². The molecular weight excluding hydrogens is 552 g/mol. The molecule has 2 atom stereocenters. The summed E-state index contributed by atoms with van der Waals surface area (Å²) in [6.45, 7) is 4.01. The highest BCUT2D eigenvalue weighted by Gasteiger charge is 2.49. The monoisotopic (exact) mass is 587 g/mol. The number of hydrogen-bond acceptors (Lipinski definition) is 8. The number of aromatic hydroxyl groups is 1. The number of anilines is 1. The zero-order valence-electron chi connectivity index (χ0n) is 24.1. The summed E-state index contributed by atoms with van der Waals surface area (Å²) in [6.07, 6.45) is 6.78. The van der Waals surface area contributed by atoms with Crippen LogP contribution in [0.15, 0.2) is 30.5 Å². The van der Waals surface area contributed by atoms with Crippen LogP contribution in [0.25, 0.3) is 32.9 Å². The van der Waals surface area contributed by atoms with Gasteiger partial charge in [0.25, 0.3) is 0 Å². The fraction of sp³-hybridized carbons (Fsp3) is 0.485. The van der Waals surface area contributed by atoms with Gasteiger partial charge in [0, 0.05) is 44.4 Å². The molecule has 0 radical (unpaired) electrons. The number of alkyl halides is 1. The molecule has 5 heterocycles. The van der Waals surface area contributed by atoms with Crippen molar-refractivity contribution in [3.8, 4) is 23.0 Å². The Morgan fingerprint density at radius 3 is 2.93 bits per heavy atom. The number of benzene rings is 2. The minimum atomic E-state index is -0.876. The van der Waals surface area contributed by atoms with E-state index in [0.717, 1.165) is 55.8 Å². The van der Waals surface area contributed by atoms with Crippen LogP contribution in [-0.4, -0.2) is 82.7 Å². The minimum absolute atomic E-state index is 0.0572. The summed E-state index contributed by atoms with van der Waals surface area (Å²) in [6, 6.07) is 7.50. The molecular formula is C33H35F2N5O3. The van der Waals surface area contributed by atoms with Gasteiger partial charge in [-0.2, -0.15) is 9.97 Å². The molecule has 8 nitrogen and oxygen atoms in total. The lowest BCUT2D eigenvalue weighted by molar-refractivity contribution is 0.107. The maximum atomic E-state index is 16.8. The summed E-state index contributed by atoms with van der Waals surface area (Å²) in [5.74, 6) is 0.0346. The maximum Gasteiger partial charge on any atom is 0.319 e. The SMILES string of the molecule is Oc1cc(-c2ncc3c(N4CCCOCC4)nc(OC[C@@]45CCCN4C[C@H](F)C5)nc3c2F)c2c3c(ccc2c1)CCC3. The number of aromatic nitrogens is 3. The molecule has 0 spiro atoms. The van der Waals surface area contributed by atoms with Crippen molar-refractivity contribution in [3.05, 3.63) is 47.4 Å². The minimum Gasteiger partial charge on any atom is -0.508 e. The molecule has 4 aromatic rings. The molecule has 1 N–H and O–H groups in total. The third kappa shape index (κ3) is 4.57. The maximum absolute atomic E-state index is 16.8. The van der Waals surface area contributed by atoms with Crippen molar-refractivity contribution in [1.82, 2.24) is 19.9 Å². The first kappa shape index (κ1) is 27.0. The van der Waals surface area contributed by atoms with Crippen LogP contribution in [0.5, 0.6) is 11.8 Å². The molecule has 0 unspecified atom stereocenters. The van der Waals surface area contributed by atoms with Gasteiger partial charge in [0.1, 0.15) is 35.6 Å². The smallest absolute Gasteiger partial charge is 0.319 e. The van der Waals surface area contributed by atoms with Gasteiger partial charge in [0.2, 0.25) is 0 Å². The lowest BCUT2D eigenvalue weighted by Crippen LogP contribution is -2.43. The number of phenols is 1. The highest BCUT2D eigenvalue weighted by atomic mass is 19.1. The molecule has 1 aliphatic carbocycles. The van der Waals surface area contributed by atoms with E-state index in [2.05, 4.69) is 25.8 Å². The summed E-state index contributed by atoms with van der Waals surface area (Å²) >= 11 is 0. The molecule has 3 fully saturated rings. The van der Waals surface area contributed by atoms with Crippen LogP contribution in [-0.2, 0) is 17.6 Å². The van der Waals surface area contributed by atoms with Crippen molar-refractivity contribution in [2.75, 3.05) is 50.9 Å². The molecule has 3 saturated heterocycles. The van der Waals surface area contributed by atoms with E-state index < -0.39 is 12.0 Å². The Morgan fingerprint density at radius 2 is 2.00 bits per heavy atom. The molecule has 2 aromatic carbocycles. The molecule has 3 aliphatic heterocycles. The largest absolute Gasteiger partial charge is 0.508 e. The lowest BCUT2D eigenvalue weighted by Gasteiger charge is -2.31. The third-order valence-corrected chi connectivity index (χ3v) is 9.83. The van der Waals surface area contributed by atoms with Crippen molar-refractivity contribution in [2.24, 2.45) is 0 Å². The molecule has 224 valence electrons. The van der Waals surface area contributed by atoms with Crippen LogP contribution in [0, 0.1) is 5.82 Å². The number of hydrogen-bond donors (Lipinski definition) is 1. The third-order valence-electron chi connectivity index (χ3n) is 9.83. The number of rotatable bonds is 5. The second-order valence-corrected chi connectivity index (χ2v) is 12.5. The summed E-state index contributed by atoms with van der Waals surface area (Å²) < 4.78 is 43.1. The molecule has 10 heteroatoms. The Balaban J connectivity index is 1.27. The van der Waals surface area contributed by atoms with Gasteiger partial charge in [-0.1, -0.05) is 12.1 Å². The van der Waals surface area contributed by atoms with Gasteiger partial charge in [-0.15, -0.1) is 0 Å². The van der Waals surface area contributed by atoms with Crippen molar-refractivity contribution >= 4 is 27.5 Å². The summed E-state index contributed by atoms with van der Waals surface area (Å²) in [7, 11) is 0. The van der Waals surface area contributed by atoms with Crippen molar-refractivity contribution in [2.45, 2.75) is 56.7 Å². The number of nitrogens with zero attached hydrogens (tertiary/aromatic N) is 5. The van der Waals surface area contributed by atoms with Crippen LogP contribution in [0.3, 0.4) is 0 Å². The molecule has 0 bridgehead atoms. The predicted octanol–water partition coefficient (Wildman–Crippen LogP) is 5.36. The van der Waals surface area contributed by atoms with E-state index in [1.165, 1.54) is 11.1 Å². The fourth-order valence-electron chi connectivity index (χ4n) is 7.85. The van der Waals surface area contributed by atoms with Gasteiger partial charge in [-0.05, 0) is 79.1 Å². The Hall–Kier alpha value is -3.63. The second-order valence-electron chi connectivity index (χ2n) is 12.5. The van der Waals surface area contributed by atoms with E-state index >= 15 is 4.39 Å². The van der Waals surface area contributed by atoms with E-state index in [4.69, 9.17) is 14.5 Å². The average molecular weight is 588 g/mol. The normalized spacial score (nSPS) is 24.0. The van der Waals surface area contributed by atoms with Crippen LogP contribution in [0.4, 0.5) is 14.6 Å². The first-order valence-corrected chi connectivity index (χ1v) is 15.5. The quantitative estimate of drug-likeness (QED) is 0.334. The van der Waals surface area contributed by atoms with Crippen LogP contribution >= 0.6 is 0 Å². The number of phenolic OH excluding ortho intramolecular Hbond substituents is 1. The van der Waals surface area contributed by atoms with Crippen molar-refractivity contribution < 1.29 is 23.4 Å². The number of ether oxygens (including phenoxy) is 2. The Labute approximate surface area is 248 Å². The van der Waals surface area contributed by atoms with E-state index in [0.29, 0.717) is 56.0 Å². The zero-order valence-corrected chi connectivity index (χ0v) is 24.1. The van der Waals surface area contributed by atoms with E-state index in [1.54, 1.807) is 18.3 Å². The topological polar surface area (TPSA) is 83.8 Å². The van der Waals surface area contributed by atoms with Gasteiger partial charge in [-0.25, -0.2) is 8.78 Å². The Kier molecular flexibility index (Phi) is 6.59. The molecule has 8 rings (SSSR count). The molecule has 2 aromatic heterocycles. The van der Waals surface area contributed by atoms with Gasteiger partial charge >= 0.3 is 6.01 Å². The Bertz CT molecular complexity index is 1730. The molecule has 4 aliphatic rings. The first-order chi connectivity index (χ1) is 21.0. The van der Waals surface area contributed by atoms with Gasteiger partial charge < -0.3 is 19.5 Å². The summed E-state index contributed by atoms with van der Waals surface area (Å²) in [4.78, 5) is 18.3. The van der Waals surface area contributed by atoms with E-state index in [1.807, 2.05) is 6.07 Å². The van der Waals surface area contributed by atoms with E-state index in [-0.39, 0.29) is 35.1 Å². The second kappa shape index (κ2) is 10.5. The number of halogens is 2. The Morgan fingerprint density at radius 1 is 1.07 bits per heavy atom. The van der Waals surface area contributed by atoms with Crippen LogP contribution in [0.2, 0.25) is 0 Å². The first-order valence-electron chi connectivity index (χ1n) is 15.5. The van der Waals surface area contributed by atoms with Gasteiger partial charge in [0.05, 0.1) is 17.5 Å². The number of fused-ring (bicyclic) bond motifs is 5. The summed E-state index contributed by atoms with van der Waals surface area (Å²) in [5.41, 5.74) is 2.88. The predicted molar refractivity (Wildman–Crippen MR) is 160 cm³/mol. The molecule has 43 heavy (non-hydrogen) atoms. The highest BCUT2D eigenvalue weighted by molar-refractivity contribution is 6.02. The fourth-order valence-corrected chi connectivity index (χ4v) is 7.85. The van der Waals surface area contributed by atoms with Crippen molar-refractivity contribution in [3.63, 3.8) is 0 Å². The highest BCUT2D eigenvalue weighted by Crippen LogP contribution is 2.42. The number of pyridine rings is 1. The van der Waals surface area contributed by atoms with E-state index in [9.17, 15) is 9.50 Å². The number of aryl methyl sites for hydroxylation is 2. The molecule has 0 saturated carbocycles. The van der Waals surface area contributed by atoms with Crippen LogP contribution in [0.1, 0.15) is 43.2 Å². The summed E-state index contributed by atoms with van der Waals surface area (Å²) in [5, 5.41) is 12.9. The average Bonchev–Trinajstić information content (AvgIpc) is 3.63.